The number of nitrogens with one attached hydrogen (secondary N) is 1. The van der Waals surface area contributed by atoms with Crippen molar-refractivity contribution in [3.63, 3.8) is 0 Å². The molecule has 5 saturated carbocycles. The summed E-state index contributed by atoms with van der Waals surface area (Å²) >= 11 is 6.85. The van der Waals surface area contributed by atoms with E-state index in [1.54, 1.807) is 0 Å². The summed E-state index contributed by atoms with van der Waals surface area (Å²) in [6, 6.07) is 0.424. The topological polar surface area (TPSA) is 29.1 Å². The molecule has 2 nitrogen and oxygen atoms in total. The molecule has 1 N–H and O–H groups in total. The molecule has 1 amide bonds. The summed E-state index contributed by atoms with van der Waals surface area (Å²) < 4.78 is 0. The predicted molar refractivity (Wildman–Crippen MR) is 85.3 cm³/mol. The van der Waals surface area contributed by atoms with Crippen LogP contribution in [0.3, 0.4) is 0 Å². The molecule has 118 valence electrons. The standard InChI is InChI=1S/C18H28ClNO/c1-12-2-4-15(5-3-12)20-16(21)17-7-13-6-14(8-17)10-18(19,9-13)11-17/h12-15H,2-11H2,1H3,(H,20,21)/t12?,13-,14-,15?,17?,18?/m0/s1. The minimum atomic E-state index is -0.116. The van der Waals surface area contributed by atoms with Crippen LogP contribution in [-0.2, 0) is 4.79 Å². The molecular weight excluding hydrogens is 282 g/mol. The van der Waals surface area contributed by atoms with E-state index >= 15 is 0 Å². The summed E-state index contributed by atoms with van der Waals surface area (Å²) in [5.41, 5.74) is -0.116. The third-order valence-electron chi connectivity index (χ3n) is 6.82. The Morgan fingerprint density at radius 3 is 2.24 bits per heavy atom. The van der Waals surface area contributed by atoms with Crippen LogP contribution >= 0.6 is 11.6 Å². The van der Waals surface area contributed by atoms with E-state index in [0.29, 0.717) is 23.8 Å². The number of alkyl halides is 1. The maximum atomic E-state index is 13.0. The Morgan fingerprint density at radius 1 is 1.05 bits per heavy atom. The molecule has 0 aromatic heterocycles. The second kappa shape index (κ2) is 4.88. The van der Waals surface area contributed by atoms with E-state index in [9.17, 15) is 4.79 Å². The molecule has 0 unspecified atom stereocenters. The second-order valence-electron chi connectivity index (χ2n) is 8.82. The number of hydrogen-bond acceptors (Lipinski definition) is 1. The van der Waals surface area contributed by atoms with Gasteiger partial charge in [-0.3, -0.25) is 4.79 Å². The Balaban J connectivity index is 1.46. The van der Waals surface area contributed by atoms with Crippen molar-refractivity contribution in [2.75, 3.05) is 0 Å². The first kappa shape index (κ1) is 14.4. The van der Waals surface area contributed by atoms with Gasteiger partial charge < -0.3 is 5.32 Å². The van der Waals surface area contributed by atoms with Crippen molar-refractivity contribution < 1.29 is 4.79 Å². The van der Waals surface area contributed by atoms with Gasteiger partial charge in [0.25, 0.3) is 0 Å². The highest BCUT2D eigenvalue weighted by atomic mass is 35.5. The summed E-state index contributed by atoms with van der Waals surface area (Å²) in [6.45, 7) is 2.33. The lowest BCUT2D eigenvalue weighted by Gasteiger charge is -2.59. The molecule has 3 heteroatoms. The quantitative estimate of drug-likeness (QED) is 0.759. The molecule has 21 heavy (non-hydrogen) atoms. The van der Waals surface area contributed by atoms with Gasteiger partial charge in [0, 0.05) is 10.9 Å². The predicted octanol–water partition coefficient (Wildman–Crippen LogP) is 4.26. The van der Waals surface area contributed by atoms with Crippen LogP contribution in [0.15, 0.2) is 0 Å². The Labute approximate surface area is 133 Å². The van der Waals surface area contributed by atoms with Gasteiger partial charge in [0.15, 0.2) is 0 Å². The lowest BCUT2D eigenvalue weighted by Crippen LogP contribution is -2.59. The number of amides is 1. The van der Waals surface area contributed by atoms with E-state index < -0.39 is 0 Å². The highest BCUT2D eigenvalue weighted by Gasteiger charge is 2.60. The van der Waals surface area contributed by atoms with E-state index in [1.807, 2.05) is 0 Å². The van der Waals surface area contributed by atoms with Gasteiger partial charge in [-0.2, -0.15) is 0 Å². The summed E-state index contributed by atoms with van der Waals surface area (Å²) in [7, 11) is 0. The fourth-order valence-corrected chi connectivity index (χ4v) is 6.85. The average molecular weight is 310 g/mol. The average Bonchev–Trinajstić information content (AvgIpc) is 2.38. The van der Waals surface area contributed by atoms with E-state index in [-0.39, 0.29) is 10.3 Å². The number of carbonyl (C=O) groups excluding carboxylic acids is 1. The largest absolute Gasteiger partial charge is 0.353 e. The zero-order valence-electron chi connectivity index (χ0n) is 13.2. The minimum absolute atomic E-state index is 0.0531. The van der Waals surface area contributed by atoms with Crippen molar-refractivity contribution in [2.45, 2.75) is 82.0 Å². The minimum Gasteiger partial charge on any atom is -0.353 e. The van der Waals surface area contributed by atoms with Crippen molar-refractivity contribution in [3.05, 3.63) is 0 Å². The van der Waals surface area contributed by atoms with E-state index in [2.05, 4.69) is 12.2 Å². The second-order valence-corrected chi connectivity index (χ2v) is 9.62. The van der Waals surface area contributed by atoms with Crippen molar-refractivity contribution in [3.8, 4) is 0 Å². The van der Waals surface area contributed by atoms with Crippen LogP contribution in [0.1, 0.15) is 71.1 Å². The molecule has 5 aliphatic rings. The Kier molecular flexibility index (Phi) is 3.33. The molecule has 2 atom stereocenters. The normalized spacial score (nSPS) is 51.9. The van der Waals surface area contributed by atoms with Gasteiger partial charge in [-0.1, -0.05) is 6.92 Å². The van der Waals surface area contributed by atoms with Crippen LogP contribution in [0.5, 0.6) is 0 Å². The summed E-state index contributed by atoms with van der Waals surface area (Å²) in [5.74, 6) is 2.60. The van der Waals surface area contributed by atoms with Crippen LogP contribution in [0.4, 0.5) is 0 Å². The fraction of sp³-hybridized carbons (Fsp3) is 0.944. The van der Waals surface area contributed by atoms with Gasteiger partial charge in [0.1, 0.15) is 0 Å². The molecule has 0 radical (unpaired) electrons. The van der Waals surface area contributed by atoms with Crippen molar-refractivity contribution in [1.29, 1.82) is 0 Å². The van der Waals surface area contributed by atoms with Crippen LogP contribution < -0.4 is 5.32 Å². The van der Waals surface area contributed by atoms with Crippen LogP contribution in [-0.4, -0.2) is 16.8 Å². The highest BCUT2D eigenvalue weighted by Crippen LogP contribution is 2.63. The van der Waals surface area contributed by atoms with E-state index in [1.165, 1.54) is 32.1 Å². The number of hydrogen-bond donors (Lipinski definition) is 1. The Bertz CT molecular complexity index is 426. The van der Waals surface area contributed by atoms with Crippen molar-refractivity contribution >= 4 is 17.5 Å². The third-order valence-corrected chi connectivity index (χ3v) is 7.26. The SMILES string of the molecule is CC1CCC(NC(=O)C23C[C@@H]4C[C@H](CC(Cl)(C4)C2)C3)CC1. The fourth-order valence-electron chi connectivity index (χ4n) is 6.16. The molecule has 0 aliphatic heterocycles. The molecule has 5 fully saturated rings. The Morgan fingerprint density at radius 2 is 1.67 bits per heavy atom. The highest BCUT2D eigenvalue weighted by molar-refractivity contribution is 6.24. The Hall–Kier alpha value is -0.240. The molecule has 0 aromatic rings. The summed E-state index contributed by atoms with van der Waals surface area (Å²) in [5, 5.41) is 3.42. The molecular formula is C18H28ClNO. The van der Waals surface area contributed by atoms with Gasteiger partial charge in [0.2, 0.25) is 5.91 Å². The third kappa shape index (κ3) is 2.52. The molecule has 0 heterocycles. The van der Waals surface area contributed by atoms with E-state index in [0.717, 1.165) is 38.0 Å². The van der Waals surface area contributed by atoms with Gasteiger partial charge in [-0.15, -0.1) is 11.6 Å². The molecule has 5 aliphatic carbocycles. The monoisotopic (exact) mass is 309 g/mol. The van der Waals surface area contributed by atoms with Crippen LogP contribution in [0.2, 0.25) is 0 Å². The smallest absolute Gasteiger partial charge is 0.226 e. The van der Waals surface area contributed by atoms with Crippen LogP contribution in [0.25, 0.3) is 0 Å². The maximum absolute atomic E-state index is 13.0. The number of halogens is 1. The number of carbonyl (C=O) groups is 1. The zero-order valence-corrected chi connectivity index (χ0v) is 13.9. The van der Waals surface area contributed by atoms with Crippen molar-refractivity contribution in [2.24, 2.45) is 23.2 Å². The first-order valence-corrected chi connectivity index (χ1v) is 9.34. The van der Waals surface area contributed by atoms with Crippen LogP contribution in [0, 0.1) is 23.2 Å². The molecule has 0 aromatic carbocycles. The van der Waals surface area contributed by atoms with Gasteiger partial charge in [0.05, 0.1) is 5.41 Å². The first-order valence-electron chi connectivity index (χ1n) is 8.96. The summed E-state index contributed by atoms with van der Waals surface area (Å²) in [4.78, 5) is 13.0. The maximum Gasteiger partial charge on any atom is 0.226 e. The molecule has 5 rings (SSSR count). The molecule has 0 spiro atoms. The van der Waals surface area contributed by atoms with Gasteiger partial charge in [-0.25, -0.2) is 0 Å². The summed E-state index contributed by atoms with van der Waals surface area (Å²) in [6.07, 6.45) is 11.6. The van der Waals surface area contributed by atoms with Gasteiger partial charge >= 0.3 is 0 Å². The zero-order chi connectivity index (χ0) is 14.7. The number of rotatable bonds is 2. The van der Waals surface area contributed by atoms with Gasteiger partial charge in [-0.05, 0) is 82.0 Å². The lowest BCUT2D eigenvalue weighted by molar-refractivity contribution is -0.145. The molecule has 0 saturated heterocycles. The molecule has 4 bridgehead atoms. The lowest BCUT2D eigenvalue weighted by atomic mass is 9.49. The van der Waals surface area contributed by atoms with Crippen molar-refractivity contribution in [1.82, 2.24) is 5.32 Å². The first-order chi connectivity index (χ1) is 9.96. The van der Waals surface area contributed by atoms with E-state index in [4.69, 9.17) is 11.6 Å².